The van der Waals surface area contributed by atoms with E-state index >= 15 is 0 Å². The van der Waals surface area contributed by atoms with Gasteiger partial charge in [-0.05, 0) is 31.2 Å². The number of rotatable bonds is 7. The summed E-state index contributed by atoms with van der Waals surface area (Å²) in [4.78, 5) is 4.62. The van der Waals surface area contributed by atoms with E-state index in [-0.39, 0.29) is 6.04 Å². The average molecular weight is 285 g/mol. The van der Waals surface area contributed by atoms with Gasteiger partial charge in [-0.2, -0.15) is 4.37 Å². The molecule has 1 fully saturated rings. The van der Waals surface area contributed by atoms with Crippen molar-refractivity contribution in [3.8, 4) is 0 Å². The van der Waals surface area contributed by atoms with Gasteiger partial charge >= 0.3 is 0 Å². The van der Waals surface area contributed by atoms with E-state index in [1.807, 2.05) is 12.1 Å². The molecule has 3 rings (SSSR count). The van der Waals surface area contributed by atoms with E-state index in [9.17, 15) is 0 Å². The van der Waals surface area contributed by atoms with Crippen LogP contribution >= 0.6 is 11.5 Å². The third-order valence-corrected chi connectivity index (χ3v) is 4.20. The van der Waals surface area contributed by atoms with E-state index in [4.69, 9.17) is 0 Å². The topological polar surface area (TPSA) is 37.8 Å². The number of allylic oxidation sites excluding steroid dienone is 1. The Morgan fingerprint density at radius 2 is 2.15 bits per heavy atom. The van der Waals surface area contributed by atoms with Gasteiger partial charge in [-0.15, -0.1) is 6.58 Å². The molecule has 3 nitrogen and oxygen atoms in total. The second-order valence-electron chi connectivity index (χ2n) is 5.21. The molecule has 1 unspecified atom stereocenters. The zero-order valence-electron chi connectivity index (χ0n) is 11.5. The zero-order chi connectivity index (χ0) is 13.8. The van der Waals surface area contributed by atoms with Gasteiger partial charge in [-0.25, -0.2) is 4.98 Å². The van der Waals surface area contributed by atoms with Crippen LogP contribution < -0.4 is 5.32 Å². The Kier molecular flexibility index (Phi) is 4.11. The lowest BCUT2D eigenvalue weighted by Crippen LogP contribution is -2.10. The van der Waals surface area contributed by atoms with Crippen molar-refractivity contribution in [2.45, 2.75) is 37.6 Å². The lowest BCUT2D eigenvalue weighted by Gasteiger charge is -2.17. The van der Waals surface area contributed by atoms with Crippen molar-refractivity contribution < 1.29 is 0 Å². The molecule has 1 heterocycles. The van der Waals surface area contributed by atoms with Crippen LogP contribution in [0.1, 0.15) is 49.0 Å². The van der Waals surface area contributed by atoms with Gasteiger partial charge in [-0.3, -0.25) is 0 Å². The second kappa shape index (κ2) is 6.18. The third-order valence-electron chi connectivity index (χ3n) is 3.54. The van der Waals surface area contributed by atoms with E-state index < -0.39 is 0 Å². The number of anilines is 1. The van der Waals surface area contributed by atoms with Gasteiger partial charge in [-0.1, -0.05) is 36.4 Å². The minimum atomic E-state index is 0.272. The summed E-state index contributed by atoms with van der Waals surface area (Å²) in [6.07, 6.45) is 6.46. The van der Waals surface area contributed by atoms with Crippen LogP contribution in [0.15, 0.2) is 43.0 Å². The summed E-state index contributed by atoms with van der Waals surface area (Å²) in [5.74, 6) is 1.64. The van der Waals surface area contributed by atoms with Crippen LogP contribution in [0.4, 0.5) is 5.13 Å². The lowest BCUT2D eigenvalue weighted by atomic mass is 10.0. The summed E-state index contributed by atoms with van der Waals surface area (Å²) in [5, 5.41) is 4.47. The van der Waals surface area contributed by atoms with Gasteiger partial charge in [0.2, 0.25) is 5.13 Å². The van der Waals surface area contributed by atoms with Crippen molar-refractivity contribution in [1.29, 1.82) is 0 Å². The van der Waals surface area contributed by atoms with Crippen LogP contribution in [-0.4, -0.2) is 9.36 Å². The Morgan fingerprint density at radius 3 is 2.85 bits per heavy atom. The van der Waals surface area contributed by atoms with Crippen LogP contribution in [0.25, 0.3) is 0 Å². The minimum absolute atomic E-state index is 0.272. The quantitative estimate of drug-likeness (QED) is 0.759. The number of aromatic nitrogens is 2. The third kappa shape index (κ3) is 3.25. The Labute approximate surface area is 123 Å². The van der Waals surface area contributed by atoms with Gasteiger partial charge in [0.25, 0.3) is 0 Å². The molecule has 1 saturated carbocycles. The molecule has 1 aromatic carbocycles. The lowest BCUT2D eigenvalue weighted by molar-refractivity contribution is 0.704. The molecule has 1 N–H and O–H groups in total. The van der Waals surface area contributed by atoms with E-state index in [1.54, 1.807) is 0 Å². The summed E-state index contributed by atoms with van der Waals surface area (Å²) in [5.41, 5.74) is 1.29. The van der Waals surface area contributed by atoms with E-state index in [1.165, 1.54) is 29.9 Å². The second-order valence-corrected chi connectivity index (χ2v) is 5.96. The Bertz CT molecular complexity index is 560. The summed E-state index contributed by atoms with van der Waals surface area (Å²) >= 11 is 1.48. The molecule has 1 aliphatic carbocycles. The molecule has 1 aromatic heterocycles. The summed E-state index contributed by atoms with van der Waals surface area (Å²) < 4.78 is 4.45. The first-order chi connectivity index (χ1) is 9.86. The highest BCUT2D eigenvalue weighted by Gasteiger charge is 2.28. The Balaban J connectivity index is 1.72. The normalized spacial score (nSPS) is 15.8. The summed E-state index contributed by atoms with van der Waals surface area (Å²) in [6.45, 7) is 3.82. The number of hydrogen-bond donors (Lipinski definition) is 1. The molecule has 0 radical (unpaired) electrons. The molecule has 0 saturated heterocycles. The maximum atomic E-state index is 4.62. The molecule has 0 bridgehead atoms. The summed E-state index contributed by atoms with van der Waals surface area (Å²) in [7, 11) is 0. The molecule has 1 atom stereocenters. The first-order valence-corrected chi connectivity index (χ1v) is 7.90. The van der Waals surface area contributed by atoms with Crippen molar-refractivity contribution in [3.05, 3.63) is 54.4 Å². The minimum Gasteiger partial charge on any atom is -0.353 e. The molecular formula is C16H19N3S. The molecule has 1 aliphatic rings. The zero-order valence-corrected chi connectivity index (χ0v) is 12.3. The van der Waals surface area contributed by atoms with Crippen molar-refractivity contribution >= 4 is 16.7 Å². The fourth-order valence-electron chi connectivity index (χ4n) is 2.24. The highest BCUT2D eigenvalue weighted by Crippen LogP contribution is 2.39. The van der Waals surface area contributed by atoms with Crippen LogP contribution in [0.5, 0.6) is 0 Å². The Hall–Kier alpha value is -1.68. The van der Waals surface area contributed by atoms with Crippen LogP contribution in [0, 0.1) is 0 Å². The fourth-order valence-corrected chi connectivity index (χ4v) is 2.94. The molecular weight excluding hydrogens is 266 g/mol. The smallest absolute Gasteiger partial charge is 0.203 e. The van der Waals surface area contributed by atoms with Gasteiger partial charge in [0, 0.05) is 17.5 Å². The first-order valence-electron chi connectivity index (χ1n) is 7.13. The van der Waals surface area contributed by atoms with Gasteiger partial charge in [0.05, 0.1) is 6.04 Å². The number of nitrogens with zero attached hydrogens (tertiary/aromatic N) is 2. The number of hydrogen-bond acceptors (Lipinski definition) is 4. The van der Waals surface area contributed by atoms with Gasteiger partial charge in [0.15, 0.2) is 0 Å². The Morgan fingerprint density at radius 1 is 1.35 bits per heavy atom. The van der Waals surface area contributed by atoms with Crippen molar-refractivity contribution in [3.63, 3.8) is 0 Å². The molecule has 2 aromatic rings. The molecule has 4 heteroatoms. The summed E-state index contributed by atoms with van der Waals surface area (Å²) in [6, 6.07) is 10.8. The molecule has 0 aliphatic heterocycles. The van der Waals surface area contributed by atoms with Crippen LogP contribution in [0.3, 0.4) is 0 Å². The van der Waals surface area contributed by atoms with Crippen molar-refractivity contribution in [2.75, 3.05) is 5.32 Å². The fraction of sp³-hybridized carbons (Fsp3) is 0.375. The molecule has 20 heavy (non-hydrogen) atoms. The van der Waals surface area contributed by atoms with Gasteiger partial charge in [0.1, 0.15) is 5.82 Å². The highest BCUT2D eigenvalue weighted by molar-refractivity contribution is 7.09. The predicted octanol–water partition coefficient (Wildman–Crippen LogP) is 4.53. The van der Waals surface area contributed by atoms with E-state index in [0.29, 0.717) is 5.92 Å². The number of nitrogens with one attached hydrogen (secondary N) is 1. The molecule has 0 spiro atoms. The van der Waals surface area contributed by atoms with Crippen molar-refractivity contribution in [1.82, 2.24) is 9.36 Å². The maximum Gasteiger partial charge on any atom is 0.203 e. The highest BCUT2D eigenvalue weighted by atomic mass is 32.1. The molecule has 0 amide bonds. The largest absolute Gasteiger partial charge is 0.353 e. The van der Waals surface area contributed by atoms with Crippen LogP contribution in [-0.2, 0) is 0 Å². The monoisotopic (exact) mass is 285 g/mol. The average Bonchev–Trinajstić information content (AvgIpc) is 3.24. The van der Waals surface area contributed by atoms with E-state index in [0.717, 1.165) is 23.8 Å². The van der Waals surface area contributed by atoms with E-state index in [2.05, 4.69) is 45.5 Å². The SMILES string of the molecule is C=CCCC(Nc1nc(C2CC2)ns1)c1ccccc1. The molecule has 104 valence electrons. The van der Waals surface area contributed by atoms with Crippen molar-refractivity contribution in [2.24, 2.45) is 0 Å². The standard InChI is InChI=1S/C16H19N3S/c1-2-3-9-14(12-7-5-4-6-8-12)17-16-18-15(19-20-16)13-10-11-13/h2,4-8,13-14H,1,3,9-11H2,(H,17,18,19). The van der Waals surface area contributed by atoms with Gasteiger partial charge < -0.3 is 5.32 Å². The number of benzene rings is 1. The first kappa shape index (κ1) is 13.3. The van der Waals surface area contributed by atoms with Crippen LogP contribution in [0.2, 0.25) is 0 Å². The maximum absolute atomic E-state index is 4.62. The predicted molar refractivity (Wildman–Crippen MR) is 84.1 cm³/mol.